The minimum atomic E-state index is -3.21. The summed E-state index contributed by atoms with van der Waals surface area (Å²) in [5.41, 5.74) is 4.00. The number of aliphatic imine (C=N–C) groups is 1. The van der Waals surface area contributed by atoms with Gasteiger partial charge < -0.3 is 10.6 Å². The Morgan fingerprint density at radius 3 is 2.61 bits per heavy atom. The van der Waals surface area contributed by atoms with Crippen LogP contribution >= 0.6 is 0 Å². The molecular weight excluding hydrogens is 415 g/mol. The van der Waals surface area contributed by atoms with Crippen molar-refractivity contribution in [1.29, 1.82) is 0 Å². The van der Waals surface area contributed by atoms with Crippen LogP contribution in [0.2, 0.25) is 0 Å². The number of nitrogens with zero attached hydrogens (tertiary/aromatic N) is 2. The van der Waals surface area contributed by atoms with Crippen LogP contribution in [0.5, 0.6) is 0 Å². The summed E-state index contributed by atoms with van der Waals surface area (Å²) in [5.74, 6) is 0.0823. The van der Waals surface area contributed by atoms with Crippen molar-refractivity contribution in [3.63, 3.8) is 0 Å². The van der Waals surface area contributed by atoms with Gasteiger partial charge >= 0.3 is 0 Å². The summed E-state index contributed by atoms with van der Waals surface area (Å²) in [5, 5.41) is 6.50. The summed E-state index contributed by atoms with van der Waals surface area (Å²) >= 11 is 0. The van der Waals surface area contributed by atoms with Crippen LogP contribution < -0.4 is 10.6 Å². The Morgan fingerprint density at radius 2 is 1.90 bits per heavy atom. The molecule has 1 aliphatic rings. The maximum atomic E-state index is 13.7. The van der Waals surface area contributed by atoms with Gasteiger partial charge in [0.25, 0.3) is 0 Å². The molecule has 3 rings (SSSR count). The van der Waals surface area contributed by atoms with Crippen molar-refractivity contribution < 1.29 is 12.8 Å². The minimum Gasteiger partial charge on any atom is -0.355 e. The topological polar surface area (TPSA) is 73.8 Å². The number of guanidine groups is 1. The molecule has 1 unspecified atom stereocenters. The summed E-state index contributed by atoms with van der Waals surface area (Å²) in [6, 6.07) is 13.1. The van der Waals surface area contributed by atoms with Crippen molar-refractivity contribution in [3.8, 4) is 0 Å². The highest BCUT2D eigenvalue weighted by atomic mass is 32.2. The summed E-state index contributed by atoms with van der Waals surface area (Å²) in [6.07, 6.45) is 2.23. The summed E-state index contributed by atoms with van der Waals surface area (Å²) < 4.78 is 37.1. The molecule has 0 aliphatic carbocycles. The second-order valence-corrected chi connectivity index (χ2v) is 10.3. The fourth-order valence-electron chi connectivity index (χ4n) is 3.85. The Kier molecular flexibility index (Phi) is 7.67. The third kappa shape index (κ3) is 6.77. The normalized spacial score (nSPS) is 15.9. The largest absolute Gasteiger partial charge is 0.355 e. The molecule has 31 heavy (non-hydrogen) atoms. The van der Waals surface area contributed by atoms with Crippen molar-refractivity contribution in [2.45, 2.75) is 38.2 Å². The fourth-order valence-corrected chi connectivity index (χ4v) is 4.70. The van der Waals surface area contributed by atoms with Crippen LogP contribution in [-0.2, 0) is 35.1 Å². The lowest BCUT2D eigenvalue weighted by atomic mass is 9.99. The molecule has 0 fully saturated rings. The number of sulfone groups is 1. The van der Waals surface area contributed by atoms with Gasteiger partial charge in [-0.3, -0.25) is 9.89 Å². The average Bonchev–Trinajstić information content (AvgIpc) is 2.74. The standard InChI is InChI=1S/C23H31FN4O2S/c1-17(28-11-10-18-6-4-5-7-19(18)15-28)13-26-23(25-2)27-14-21-12-22(24)9-8-20(21)16-31(3,29)30/h4-9,12,17H,10-11,13-16H2,1-3H3,(H2,25,26,27). The highest BCUT2D eigenvalue weighted by Crippen LogP contribution is 2.20. The minimum absolute atomic E-state index is 0.121. The van der Waals surface area contributed by atoms with E-state index in [2.05, 4.69) is 51.7 Å². The molecule has 0 aromatic heterocycles. The Morgan fingerprint density at radius 1 is 1.16 bits per heavy atom. The van der Waals surface area contributed by atoms with E-state index < -0.39 is 15.7 Å². The third-order valence-electron chi connectivity index (χ3n) is 5.60. The molecule has 8 heteroatoms. The zero-order valence-electron chi connectivity index (χ0n) is 18.4. The zero-order valence-corrected chi connectivity index (χ0v) is 19.2. The van der Waals surface area contributed by atoms with Crippen LogP contribution in [0.4, 0.5) is 4.39 Å². The molecular formula is C23H31FN4O2S. The summed E-state index contributed by atoms with van der Waals surface area (Å²) in [4.78, 5) is 6.69. The van der Waals surface area contributed by atoms with Crippen molar-refractivity contribution in [2.75, 3.05) is 26.4 Å². The first kappa shape index (κ1) is 23.2. The average molecular weight is 447 g/mol. The van der Waals surface area contributed by atoms with Gasteiger partial charge in [-0.05, 0) is 47.7 Å². The van der Waals surface area contributed by atoms with E-state index in [0.29, 0.717) is 29.7 Å². The second kappa shape index (κ2) is 10.2. The number of hydrogen-bond acceptors (Lipinski definition) is 4. The first-order chi connectivity index (χ1) is 14.7. The molecule has 0 saturated heterocycles. The van der Waals surface area contributed by atoms with Crippen molar-refractivity contribution >= 4 is 15.8 Å². The maximum Gasteiger partial charge on any atom is 0.191 e. The van der Waals surface area contributed by atoms with E-state index in [1.165, 1.54) is 35.6 Å². The molecule has 6 nitrogen and oxygen atoms in total. The van der Waals surface area contributed by atoms with E-state index in [0.717, 1.165) is 19.5 Å². The van der Waals surface area contributed by atoms with Crippen molar-refractivity contribution in [2.24, 2.45) is 4.99 Å². The predicted molar refractivity (Wildman–Crippen MR) is 123 cm³/mol. The van der Waals surface area contributed by atoms with Gasteiger partial charge in [0.2, 0.25) is 0 Å². The predicted octanol–water partition coefficient (Wildman–Crippen LogP) is 2.48. The van der Waals surface area contributed by atoms with Crippen LogP contribution in [0.1, 0.15) is 29.2 Å². The Balaban J connectivity index is 1.55. The molecule has 0 spiro atoms. The third-order valence-corrected chi connectivity index (χ3v) is 6.44. The van der Waals surface area contributed by atoms with Crippen LogP contribution in [0.15, 0.2) is 47.5 Å². The molecule has 0 amide bonds. The SMILES string of the molecule is CN=C(NCc1cc(F)ccc1CS(C)(=O)=O)NCC(C)N1CCc2ccccc2C1. The van der Waals surface area contributed by atoms with E-state index in [-0.39, 0.29) is 12.3 Å². The molecule has 0 bridgehead atoms. The van der Waals surface area contributed by atoms with Crippen LogP contribution in [0, 0.1) is 5.82 Å². The fraction of sp³-hybridized carbons (Fsp3) is 0.435. The Labute approximate surface area is 184 Å². The monoisotopic (exact) mass is 446 g/mol. The second-order valence-electron chi connectivity index (χ2n) is 8.13. The lowest BCUT2D eigenvalue weighted by Crippen LogP contribution is -2.47. The molecule has 0 radical (unpaired) electrons. The van der Waals surface area contributed by atoms with Gasteiger partial charge in [-0.25, -0.2) is 12.8 Å². The van der Waals surface area contributed by atoms with E-state index in [1.807, 2.05) is 0 Å². The molecule has 2 aromatic carbocycles. The quantitative estimate of drug-likeness (QED) is 0.505. The van der Waals surface area contributed by atoms with E-state index in [1.54, 1.807) is 7.05 Å². The first-order valence-electron chi connectivity index (χ1n) is 10.5. The van der Waals surface area contributed by atoms with E-state index in [9.17, 15) is 12.8 Å². The number of rotatable bonds is 7. The molecule has 0 saturated carbocycles. The molecule has 2 aromatic rings. The lowest BCUT2D eigenvalue weighted by Gasteiger charge is -2.34. The van der Waals surface area contributed by atoms with Gasteiger partial charge in [-0.1, -0.05) is 30.3 Å². The molecule has 2 N–H and O–H groups in total. The van der Waals surface area contributed by atoms with Crippen LogP contribution in [0.3, 0.4) is 0 Å². The summed E-state index contributed by atoms with van der Waals surface area (Å²) in [6.45, 7) is 5.13. The number of benzene rings is 2. The van der Waals surface area contributed by atoms with E-state index >= 15 is 0 Å². The van der Waals surface area contributed by atoms with Gasteiger partial charge in [0, 0.05) is 45.5 Å². The van der Waals surface area contributed by atoms with Crippen LogP contribution in [-0.4, -0.2) is 51.7 Å². The number of nitrogens with one attached hydrogen (secondary N) is 2. The van der Waals surface area contributed by atoms with Crippen LogP contribution in [0.25, 0.3) is 0 Å². The smallest absolute Gasteiger partial charge is 0.191 e. The van der Waals surface area contributed by atoms with Gasteiger partial charge in [0.15, 0.2) is 15.8 Å². The van der Waals surface area contributed by atoms with Gasteiger partial charge in [0.1, 0.15) is 5.82 Å². The first-order valence-corrected chi connectivity index (χ1v) is 12.5. The lowest BCUT2D eigenvalue weighted by molar-refractivity contribution is 0.191. The van der Waals surface area contributed by atoms with Crippen molar-refractivity contribution in [3.05, 3.63) is 70.5 Å². The van der Waals surface area contributed by atoms with Gasteiger partial charge in [-0.15, -0.1) is 0 Å². The number of hydrogen-bond donors (Lipinski definition) is 2. The Hall–Kier alpha value is -2.45. The highest BCUT2D eigenvalue weighted by molar-refractivity contribution is 7.89. The van der Waals surface area contributed by atoms with E-state index in [4.69, 9.17) is 0 Å². The van der Waals surface area contributed by atoms with Gasteiger partial charge in [0.05, 0.1) is 5.75 Å². The molecule has 168 valence electrons. The maximum absolute atomic E-state index is 13.7. The number of fused-ring (bicyclic) bond motifs is 1. The molecule has 1 aliphatic heterocycles. The summed E-state index contributed by atoms with van der Waals surface area (Å²) in [7, 11) is -1.53. The number of halogens is 1. The molecule has 1 atom stereocenters. The van der Waals surface area contributed by atoms with Gasteiger partial charge in [-0.2, -0.15) is 0 Å². The zero-order chi connectivity index (χ0) is 22.4. The Bertz CT molecular complexity index is 1040. The van der Waals surface area contributed by atoms with Crippen molar-refractivity contribution in [1.82, 2.24) is 15.5 Å². The highest BCUT2D eigenvalue weighted by Gasteiger charge is 2.20. The molecule has 1 heterocycles.